The van der Waals surface area contributed by atoms with E-state index in [1.54, 1.807) is 43.8 Å². The predicted octanol–water partition coefficient (Wildman–Crippen LogP) is 4.45. The summed E-state index contributed by atoms with van der Waals surface area (Å²) in [5, 5.41) is 17.7. The molecule has 1 aromatic carbocycles. The molecule has 1 aliphatic heterocycles. The summed E-state index contributed by atoms with van der Waals surface area (Å²) in [7, 11) is 1.80. The number of hydrazone groups is 1. The van der Waals surface area contributed by atoms with Gasteiger partial charge in [-0.25, -0.2) is 5.01 Å². The number of aliphatic hydroxyl groups excluding tert-OH is 1. The van der Waals surface area contributed by atoms with Gasteiger partial charge in [-0.2, -0.15) is 5.10 Å². The largest absolute Gasteiger partial charge is 0.467 e. The van der Waals surface area contributed by atoms with Gasteiger partial charge in [0.1, 0.15) is 23.3 Å². The molecule has 32 heavy (non-hydrogen) atoms. The summed E-state index contributed by atoms with van der Waals surface area (Å²) < 4.78 is 11.1. The van der Waals surface area contributed by atoms with Crippen LogP contribution in [0.5, 0.6) is 0 Å². The minimum Gasteiger partial charge on any atom is -0.467 e. The molecule has 166 valence electrons. The second kappa shape index (κ2) is 8.41. The minimum atomic E-state index is -0.694. The summed E-state index contributed by atoms with van der Waals surface area (Å²) in [6.07, 6.45) is 3.35. The number of fused-ring (bicyclic) bond motifs is 1. The van der Waals surface area contributed by atoms with Crippen molar-refractivity contribution in [3.05, 3.63) is 81.6 Å². The Hall–Kier alpha value is -2.58. The Morgan fingerprint density at radius 1 is 1.22 bits per heavy atom. The van der Waals surface area contributed by atoms with Gasteiger partial charge in [-0.05, 0) is 54.6 Å². The lowest BCUT2D eigenvalue weighted by Crippen LogP contribution is -2.40. The Labute approximate surface area is 194 Å². The fourth-order valence-electron chi connectivity index (χ4n) is 4.58. The number of nitrogens with zero attached hydrogens (tertiary/aromatic N) is 3. The molecule has 1 amide bonds. The molecule has 7 nitrogen and oxygen atoms in total. The molecule has 2 aromatic heterocycles. The number of hydrogen-bond donors (Lipinski definition) is 1. The number of halogens is 2. The average Bonchev–Trinajstić information content (AvgIpc) is 3.52. The van der Waals surface area contributed by atoms with Crippen molar-refractivity contribution < 1.29 is 18.7 Å². The maximum atomic E-state index is 13.4. The van der Waals surface area contributed by atoms with Gasteiger partial charge >= 0.3 is 0 Å². The van der Waals surface area contributed by atoms with Crippen LogP contribution in [0.2, 0.25) is 10.0 Å². The van der Waals surface area contributed by atoms with Crippen LogP contribution >= 0.6 is 23.2 Å². The molecule has 1 N–H and O–H groups in total. The van der Waals surface area contributed by atoms with Gasteiger partial charge in [0, 0.05) is 22.9 Å². The summed E-state index contributed by atoms with van der Waals surface area (Å²) in [5.74, 6) is 1.05. The monoisotopic (exact) mass is 473 g/mol. The van der Waals surface area contributed by atoms with Crippen LogP contribution in [-0.2, 0) is 11.2 Å². The number of rotatable bonds is 5. The van der Waals surface area contributed by atoms with Gasteiger partial charge in [-0.1, -0.05) is 23.2 Å². The Kier molecular flexibility index (Phi) is 5.59. The number of carbonyl (C=O) groups is 1. The van der Waals surface area contributed by atoms with Crippen molar-refractivity contribution in [3.8, 4) is 0 Å². The summed E-state index contributed by atoms with van der Waals surface area (Å²) in [5.41, 5.74) is 2.38. The smallest absolute Gasteiger partial charge is 0.257 e. The van der Waals surface area contributed by atoms with E-state index in [0.29, 0.717) is 40.1 Å². The highest BCUT2D eigenvalue weighted by molar-refractivity contribution is 6.35. The lowest BCUT2D eigenvalue weighted by atomic mass is 10.1. The zero-order valence-corrected chi connectivity index (χ0v) is 18.8. The first-order chi connectivity index (χ1) is 15.4. The van der Waals surface area contributed by atoms with Gasteiger partial charge in [0.2, 0.25) is 0 Å². The van der Waals surface area contributed by atoms with Gasteiger partial charge in [0.25, 0.3) is 5.91 Å². The molecule has 0 radical (unpaired) electrons. The van der Waals surface area contributed by atoms with Crippen LogP contribution < -0.4 is 0 Å². The van der Waals surface area contributed by atoms with E-state index in [1.165, 1.54) is 5.01 Å². The highest BCUT2D eigenvalue weighted by atomic mass is 35.5. The first-order valence-electron chi connectivity index (χ1n) is 10.3. The molecule has 0 spiro atoms. The number of furan rings is 2. The second-order valence-corrected chi connectivity index (χ2v) is 8.93. The van der Waals surface area contributed by atoms with Crippen LogP contribution in [0.3, 0.4) is 0 Å². The third-order valence-electron chi connectivity index (χ3n) is 5.99. The molecule has 0 saturated carbocycles. The van der Waals surface area contributed by atoms with Gasteiger partial charge < -0.3 is 13.9 Å². The first-order valence-corrected chi connectivity index (χ1v) is 11.0. The predicted molar refractivity (Wildman–Crippen MR) is 120 cm³/mol. The van der Waals surface area contributed by atoms with E-state index in [1.807, 2.05) is 17.0 Å². The Morgan fingerprint density at radius 2 is 2.00 bits per heavy atom. The van der Waals surface area contributed by atoms with Crippen LogP contribution in [0.25, 0.3) is 0 Å². The number of aliphatic hydroxyl groups is 1. The van der Waals surface area contributed by atoms with Gasteiger partial charge in [0.15, 0.2) is 0 Å². The van der Waals surface area contributed by atoms with E-state index >= 15 is 0 Å². The molecule has 5 rings (SSSR count). The van der Waals surface area contributed by atoms with Gasteiger partial charge in [-0.3, -0.25) is 9.69 Å². The fourth-order valence-corrected chi connectivity index (χ4v) is 5.17. The Bertz CT molecular complexity index is 1160. The lowest BCUT2D eigenvalue weighted by Gasteiger charge is -2.29. The summed E-state index contributed by atoms with van der Waals surface area (Å²) >= 11 is 12.5. The number of hydrogen-bond acceptors (Lipinski definition) is 6. The quantitative estimate of drug-likeness (QED) is 0.591. The van der Waals surface area contributed by atoms with Crippen LogP contribution in [0, 0.1) is 0 Å². The first kappa shape index (κ1) is 21.3. The molecule has 0 fully saturated rings. The average molecular weight is 474 g/mol. The van der Waals surface area contributed by atoms with E-state index in [2.05, 4.69) is 5.10 Å². The highest BCUT2D eigenvalue weighted by Crippen LogP contribution is 2.41. The van der Waals surface area contributed by atoms with Crippen LogP contribution in [0.4, 0.5) is 0 Å². The van der Waals surface area contributed by atoms with E-state index in [9.17, 15) is 9.90 Å². The van der Waals surface area contributed by atoms with Crippen molar-refractivity contribution in [2.45, 2.75) is 31.0 Å². The summed E-state index contributed by atoms with van der Waals surface area (Å²) in [6.45, 7) is 0.0391. The number of carbonyl (C=O) groups excluding carboxylic acids is 1. The fraction of sp³-hybridized carbons (Fsp3) is 0.304. The molecule has 3 unspecified atom stereocenters. The van der Waals surface area contributed by atoms with E-state index < -0.39 is 12.1 Å². The van der Waals surface area contributed by atoms with Crippen molar-refractivity contribution in [1.82, 2.24) is 9.91 Å². The third-order valence-corrected chi connectivity index (χ3v) is 6.55. The van der Waals surface area contributed by atoms with Crippen molar-refractivity contribution in [1.29, 1.82) is 0 Å². The third kappa shape index (κ3) is 3.75. The van der Waals surface area contributed by atoms with Gasteiger partial charge in [-0.15, -0.1) is 0 Å². The second-order valence-electron chi connectivity index (χ2n) is 8.08. The number of likely N-dealkylation sites (N-methyl/N-ethyl adjacent to an activating group) is 1. The number of amides is 1. The maximum absolute atomic E-state index is 13.4. The van der Waals surface area contributed by atoms with Crippen LogP contribution in [0.1, 0.15) is 41.2 Å². The van der Waals surface area contributed by atoms with Crippen LogP contribution in [0.15, 0.2) is 62.9 Å². The highest BCUT2D eigenvalue weighted by Gasteiger charge is 2.39. The van der Waals surface area contributed by atoms with E-state index in [-0.39, 0.29) is 18.5 Å². The zero-order valence-electron chi connectivity index (χ0n) is 17.2. The minimum absolute atomic E-state index is 0.0391. The van der Waals surface area contributed by atoms with Crippen molar-refractivity contribution in [3.63, 3.8) is 0 Å². The Morgan fingerprint density at radius 3 is 2.72 bits per heavy atom. The number of benzene rings is 1. The molecule has 3 aromatic rings. The summed E-state index contributed by atoms with van der Waals surface area (Å²) in [4.78, 5) is 15.2. The molecule has 3 heterocycles. The summed E-state index contributed by atoms with van der Waals surface area (Å²) in [6, 6.07) is 9.93. The zero-order chi connectivity index (χ0) is 22.4. The Balaban J connectivity index is 1.40. The van der Waals surface area contributed by atoms with Crippen molar-refractivity contribution in [2.24, 2.45) is 5.10 Å². The van der Waals surface area contributed by atoms with Gasteiger partial charge in [0.05, 0.1) is 31.2 Å². The standard InChI is InChI=1S/C23H21Cl2N3O4/c1-27(23-15-8-13(24)9-16(25)14(15)10-19(23)29)12-22(30)28-18(21-5-3-7-32-21)11-17(26-28)20-4-2-6-31-20/h2-9,18-19,23,29H,10-12H2,1H3. The SMILES string of the molecule is CN(CC(=O)N1N=C(c2ccco2)CC1c1ccco1)C1c2cc(Cl)cc(Cl)c2CC1O. The molecule has 1 aliphatic carbocycles. The van der Waals surface area contributed by atoms with Crippen molar-refractivity contribution >= 4 is 34.8 Å². The lowest BCUT2D eigenvalue weighted by molar-refractivity contribution is -0.135. The molecule has 3 atom stereocenters. The maximum Gasteiger partial charge on any atom is 0.257 e. The topological polar surface area (TPSA) is 82.4 Å². The molecular formula is C23H21Cl2N3O4. The van der Waals surface area contributed by atoms with E-state index in [0.717, 1.165) is 11.1 Å². The van der Waals surface area contributed by atoms with Crippen LogP contribution in [-0.4, -0.2) is 46.3 Å². The van der Waals surface area contributed by atoms with Crippen molar-refractivity contribution in [2.75, 3.05) is 13.6 Å². The van der Waals surface area contributed by atoms with E-state index in [4.69, 9.17) is 32.0 Å². The molecule has 0 saturated heterocycles. The molecule has 0 bridgehead atoms. The molecule has 9 heteroatoms. The molecular weight excluding hydrogens is 453 g/mol. The normalized spacial score (nSPS) is 22.5. The molecule has 2 aliphatic rings.